The Morgan fingerprint density at radius 2 is 2.06 bits per heavy atom. The van der Waals surface area contributed by atoms with Gasteiger partial charge in [0.25, 0.3) is 0 Å². The predicted octanol–water partition coefficient (Wildman–Crippen LogP) is 1.15. The smallest absolute Gasteiger partial charge is 0.129 e. The number of nitrogens with two attached hydrogens (primary N) is 1. The number of aliphatic hydroxyl groups is 1. The van der Waals surface area contributed by atoms with E-state index in [9.17, 15) is 13.9 Å². The average molecular weight is 258 g/mol. The first-order valence-electron chi connectivity index (χ1n) is 5.91. The van der Waals surface area contributed by atoms with Crippen molar-refractivity contribution in [3.05, 3.63) is 35.4 Å². The molecule has 0 fully saturated rings. The van der Waals surface area contributed by atoms with E-state index in [1.165, 1.54) is 12.1 Å². The molecule has 0 aliphatic rings. The van der Waals surface area contributed by atoms with Crippen molar-refractivity contribution in [1.29, 1.82) is 0 Å². The molecular formula is C13H20F2N2O. The quantitative estimate of drug-likeness (QED) is 0.717. The van der Waals surface area contributed by atoms with Crippen LogP contribution in [0.5, 0.6) is 0 Å². The average Bonchev–Trinajstić information content (AvgIpc) is 2.27. The van der Waals surface area contributed by atoms with Crippen molar-refractivity contribution in [3.8, 4) is 0 Å². The Kier molecular flexibility index (Phi) is 5.19. The van der Waals surface area contributed by atoms with Crippen LogP contribution in [0.1, 0.15) is 19.4 Å². The molecule has 1 atom stereocenters. The zero-order valence-electron chi connectivity index (χ0n) is 10.7. The second-order valence-corrected chi connectivity index (χ2v) is 5.03. The van der Waals surface area contributed by atoms with Gasteiger partial charge in [0.15, 0.2) is 0 Å². The molecule has 0 heterocycles. The van der Waals surface area contributed by atoms with Crippen molar-refractivity contribution >= 4 is 0 Å². The van der Waals surface area contributed by atoms with Crippen LogP contribution in [-0.2, 0) is 5.41 Å². The summed E-state index contributed by atoms with van der Waals surface area (Å²) in [7, 11) is 0. The number of aliphatic hydroxyl groups excluding tert-OH is 1. The van der Waals surface area contributed by atoms with Gasteiger partial charge in [-0.25, -0.2) is 8.78 Å². The Morgan fingerprint density at radius 3 is 2.61 bits per heavy atom. The van der Waals surface area contributed by atoms with E-state index in [0.29, 0.717) is 18.7 Å². The number of hydrogen-bond acceptors (Lipinski definition) is 3. The fourth-order valence-electron chi connectivity index (χ4n) is 1.77. The van der Waals surface area contributed by atoms with E-state index in [0.717, 1.165) is 6.07 Å². The molecule has 1 unspecified atom stereocenters. The summed E-state index contributed by atoms with van der Waals surface area (Å²) >= 11 is 0. The number of halogens is 2. The van der Waals surface area contributed by atoms with E-state index < -0.39 is 23.2 Å². The molecule has 0 bridgehead atoms. The van der Waals surface area contributed by atoms with Gasteiger partial charge in [0.1, 0.15) is 11.6 Å². The molecule has 0 saturated carbocycles. The molecule has 0 radical (unpaired) electrons. The van der Waals surface area contributed by atoms with Crippen LogP contribution >= 0.6 is 0 Å². The van der Waals surface area contributed by atoms with Crippen LogP contribution in [-0.4, -0.2) is 30.8 Å². The largest absolute Gasteiger partial charge is 0.390 e. The molecule has 1 rings (SSSR count). The number of nitrogens with one attached hydrogen (secondary N) is 1. The molecular weight excluding hydrogens is 238 g/mol. The summed E-state index contributed by atoms with van der Waals surface area (Å²) in [6.45, 7) is 4.70. The molecule has 18 heavy (non-hydrogen) atoms. The Balaban J connectivity index is 2.67. The highest BCUT2D eigenvalue weighted by Gasteiger charge is 2.24. The molecule has 0 aliphatic heterocycles. The fraction of sp³-hybridized carbons (Fsp3) is 0.538. The van der Waals surface area contributed by atoms with Crippen LogP contribution in [0, 0.1) is 11.6 Å². The predicted molar refractivity (Wildman–Crippen MR) is 67.3 cm³/mol. The van der Waals surface area contributed by atoms with Crippen molar-refractivity contribution < 1.29 is 13.9 Å². The highest BCUT2D eigenvalue weighted by atomic mass is 19.1. The maximum absolute atomic E-state index is 13.7. The first-order valence-corrected chi connectivity index (χ1v) is 5.91. The van der Waals surface area contributed by atoms with Gasteiger partial charge in [-0.15, -0.1) is 0 Å². The topological polar surface area (TPSA) is 58.3 Å². The second-order valence-electron chi connectivity index (χ2n) is 5.03. The van der Waals surface area contributed by atoms with E-state index in [2.05, 4.69) is 5.32 Å². The minimum Gasteiger partial charge on any atom is -0.390 e. The highest BCUT2D eigenvalue weighted by molar-refractivity contribution is 5.26. The van der Waals surface area contributed by atoms with Crippen LogP contribution in [0.4, 0.5) is 8.78 Å². The third-order valence-electron chi connectivity index (χ3n) is 2.88. The van der Waals surface area contributed by atoms with Gasteiger partial charge < -0.3 is 16.2 Å². The van der Waals surface area contributed by atoms with Crippen molar-refractivity contribution in [1.82, 2.24) is 5.32 Å². The van der Waals surface area contributed by atoms with E-state index in [4.69, 9.17) is 5.73 Å². The Morgan fingerprint density at radius 1 is 1.39 bits per heavy atom. The van der Waals surface area contributed by atoms with Crippen molar-refractivity contribution in [3.63, 3.8) is 0 Å². The summed E-state index contributed by atoms with van der Waals surface area (Å²) in [6, 6.07) is 3.58. The lowest BCUT2D eigenvalue weighted by atomic mass is 9.84. The maximum atomic E-state index is 13.7. The fourth-order valence-corrected chi connectivity index (χ4v) is 1.77. The molecule has 4 N–H and O–H groups in total. The van der Waals surface area contributed by atoms with Gasteiger partial charge in [-0.3, -0.25) is 0 Å². The van der Waals surface area contributed by atoms with Crippen LogP contribution in [0.2, 0.25) is 0 Å². The number of benzene rings is 1. The minimum absolute atomic E-state index is 0.179. The lowest BCUT2D eigenvalue weighted by Gasteiger charge is -2.26. The first-order chi connectivity index (χ1) is 8.36. The Bertz CT molecular complexity index is 397. The van der Waals surface area contributed by atoms with Gasteiger partial charge in [0.05, 0.1) is 6.10 Å². The van der Waals surface area contributed by atoms with E-state index in [-0.39, 0.29) is 6.54 Å². The first kappa shape index (κ1) is 15.0. The van der Waals surface area contributed by atoms with Gasteiger partial charge in [-0.05, 0) is 11.6 Å². The summed E-state index contributed by atoms with van der Waals surface area (Å²) in [5, 5.41) is 12.3. The number of rotatable bonds is 6. The number of hydrogen-bond donors (Lipinski definition) is 3. The van der Waals surface area contributed by atoms with E-state index in [1.54, 1.807) is 0 Å². The summed E-state index contributed by atoms with van der Waals surface area (Å²) in [5.41, 5.74) is 5.23. The molecule has 0 amide bonds. The summed E-state index contributed by atoms with van der Waals surface area (Å²) < 4.78 is 26.5. The summed E-state index contributed by atoms with van der Waals surface area (Å²) in [6.07, 6.45) is -0.612. The molecule has 1 aromatic carbocycles. The van der Waals surface area contributed by atoms with Crippen LogP contribution in [0.15, 0.2) is 18.2 Å². The molecule has 3 nitrogen and oxygen atoms in total. The Hall–Kier alpha value is -1.04. The molecule has 102 valence electrons. The van der Waals surface area contributed by atoms with Crippen molar-refractivity contribution in [2.45, 2.75) is 25.4 Å². The van der Waals surface area contributed by atoms with Crippen molar-refractivity contribution in [2.75, 3.05) is 19.6 Å². The molecule has 0 saturated heterocycles. The zero-order chi connectivity index (χ0) is 13.8. The van der Waals surface area contributed by atoms with Gasteiger partial charge in [0.2, 0.25) is 0 Å². The summed E-state index contributed by atoms with van der Waals surface area (Å²) in [5.74, 6) is -1.14. The lowest BCUT2D eigenvalue weighted by molar-refractivity contribution is 0.177. The minimum atomic E-state index is -0.612. The zero-order valence-corrected chi connectivity index (χ0v) is 10.7. The van der Waals surface area contributed by atoms with Crippen molar-refractivity contribution in [2.24, 2.45) is 5.73 Å². The third kappa shape index (κ3) is 4.01. The SMILES string of the molecule is CC(C)(CNCC(O)CN)c1ccc(F)cc1F. The second kappa shape index (κ2) is 6.22. The van der Waals surface area contributed by atoms with E-state index >= 15 is 0 Å². The van der Waals surface area contributed by atoms with Crippen LogP contribution < -0.4 is 11.1 Å². The molecule has 0 spiro atoms. The lowest BCUT2D eigenvalue weighted by Crippen LogP contribution is -2.39. The third-order valence-corrected chi connectivity index (χ3v) is 2.88. The standard InChI is InChI=1S/C13H20F2N2O/c1-13(2,8-17-7-10(18)6-16)11-4-3-9(14)5-12(11)15/h3-5,10,17-18H,6-8,16H2,1-2H3. The molecule has 0 aliphatic carbocycles. The van der Waals surface area contributed by atoms with Gasteiger partial charge in [0, 0.05) is 31.1 Å². The molecule has 0 aromatic heterocycles. The van der Waals surface area contributed by atoms with E-state index in [1.807, 2.05) is 13.8 Å². The monoisotopic (exact) mass is 258 g/mol. The normalized spacial score (nSPS) is 13.7. The molecule has 5 heteroatoms. The maximum Gasteiger partial charge on any atom is 0.129 e. The summed E-state index contributed by atoms with van der Waals surface area (Å²) in [4.78, 5) is 0. The molecule has 1 aromatic rings. The van der Waals surface area contributed by atoms with Gasteiger partial charge in [-0.2, -0.15) is 0 Å². The van der Waals surface area contributed by atoms with Gasteiger partial charge >= 0.3 is 0 Å². The van der Waals surface area contributed by atoms with Gasteiger partial charge in [-0.1, -0.05) is 19.9 Å². The van der Waals surface area contributed by atoms with Crippen LogP contribution in [0.25, 0.3) is 0 Å². The van der Waals surface area contributed by atoms with Crippen LogP contribution in [0.3, 0.4) is 0 Å². The Labute approximate surface area is 106 Å². The highest BCUT2D eigenvalue weighted by Crippen LogP contribution is 2.25.